The van der Waals surface area contributed by atoms with Crippen molar-refractivity contribution in [3.63, 3.8) is 0 Å². The van der Waals surface area contributed by atoms with Crippen LogP contribution in [0.4, 0.5) is 11.4 Å². The van der Waals surface area contributed by atoms with Crippen LogP contribution in [0.3, 0.4) is 0 Å². The van der Waals surface area contributed by atoms with Crippen LogP contribution in [0.5, 0.6) is 5.75 Å². The number of carbonyl (C=O) groups excluding carboxylic acids is 1. The third kappa shape index (κ3) is 5.74. The third-order valence-electron chi connectivity index (χ3n) is 4.28. The lowest BCUT2D eigenvalue weighted by Gasteiger charge is -2.20. The van der Waals surface area contributed by atoms with Gasteiger partial charge in [-0.25, -0.2) is 5.43 Å². The zero-order valence-corrected chi connectivity index (χ0v) is 16.4. The van der Waals surface area contributed by atoms with Gasteiger partial charge in [0, 0.05) is 18.8 Å². The van der Waals surface area contributed by atoms with Gasteiger partial charge in [-0.2, -0.15) is 5.10 Å². The predicted octanol–water partition coefficient (Wildman–Crippen LogP) is 3.49. The molecule has 0 heterocycles. The van der Waals surface area contributed by atoms with Gasteiger partial charge in [-0.3, -0.25) is 4.79 Å². The van der Waals surface area contributed by atoms with Crippen LogP contribution in [0, 0.1) is 0 Å². The van der Waals surface area contributed by atoms with Gasteiger partial charge in [-0.15, -0.1) is 0 Å². The second kappa shape index (κ2) is 10.2. The fourth-order valence-corrected chi connectivity index (χ4v) is 2.69. The molecule has 0 unspecified atom stereocenters. The lowest BCUT2D eigenvalue weighted by Crippen LogP contribution is -2.35. The van der Waals surface area contributed by atoms with E-state index in [0.29, 0.717) is 5.75 Å². The molecule has 0 saturated heterocycles. The summed E-state index contributed by atoms with van der Waals surface area (Å²) in [5.74, 6) is 0.464. The van der Waals surface area contributed by atoms with Crippen molar-refractivity contribution in [2.45, 2.75) is 26.8 Å². The number of para-hydroxylation sites is 2. The van der Waals surface area contributed by atoms with Crippen molar-refractivity contribution in [3.8, 4) is 5.75 Å². The Morgan fingerprint density at radius 3 is 2.44 bits per heavy atom. The molecule has 0 spiro atoms. The van der Waals surface area contributed by atoms with Crippen molar-refractivity contribution in [1.82, 2.24) is 5.43 Å². The van der Waals surface area contributed by atoms with E-state index < -0.39 is 6.04 Å². The van der Waals surface area contributed by atoms with Gasteiger partial charge in [0.05, 0.1) is 19.0 Å². The maximum Gasteiger partial charge on any atom is 0.262 e. The summed E-state index contributed by atoms with van der Waals surface area (Å²) in [5.41, 5.74) is 5.43. The maximum atomic E-state index is 12.2. The third-order valence-corrected chi connectivity index (χ3v) is 4.28. The molecule has 0 aromatic heterocycles. The normalized spacial score (nSPS) is 11.9. The smallest absolute Gasteiger partial charge is 0.262 e. The molecule has 1 amide bonds. The minimum atomic E-state index is -0.455. The van der Waals surface area contributed by atoms with Crippen LogP contribution in [0.25, 0.3) is 0 Å². The molecule has 0 bridgehead atoms. The maximum absolute atomic E-state index is 12.2. The summed E-state index contributed by atoms with van der Waals surface area (Å²) in [6.07, 6.45) is 1.64. The molecule has 6 heteroatoms. The average Bonchev–Trinajstić information content (AvgIpc) is 2.70. The molecule has 2 rings (SSSR count). The Bertz CT molecular complexity index is 755. The zero-order valence-electron chi connectivity index (χ0n) is 16.4. The number of nitrogens with one attached hydrogen (secondary N) is 2. The molecule has 2 aromatic carbocycles. The van der Waals surface area contributed by atoms with Crippen LogP contribution in [0.15, 0.2) is 53.6 Å². The minimum Gasteiger partial charge on any atom is -0.495 e. The van der Waals surface area contributed by atoms with Crippen LogP contribution < -0.4 is 20.4 Å². The molecule has 0 saturated carbocycles. The van der Waals surface area contributed by atoms with Crippen molar-refractivity contribution >= 4 is 23.5 Å². The first-order chi connectivity index (χ1) is 13.1. The first-order valence-electron chi connectivity index (χ1n) is 9.16. The largest absolute Gasteiger partial charge is 0.495 e. The number of nitrogens with zero attached hydrogens (tertiary/aromatic N) is 2. The molecular formula is C21H28N4O2. The summed E-state index contributed by atoms with van der Waals surface area (Å²) in [4.78, 5) is 14.5. The summed E-state index contributed by atoms with van der Waals surface area (Å²) in [6.45, 7) is 7.98. The van der Waals surface area contributed by atoms with Gasteiger partial charge < -0.3 is 15.0 Å². The molecule has 2 N–H and O–H groups in total. The quantitative estimate of drug-likeness (QED) is 0.525. The summed E-state index contributed by atoms with van der Waals surface area (Å²) in [6, 6.07) is 15.1. The second-order valence-electron chi connectivity index (χ2n) is 6.06. The van der Waals surface area contributed by atoms with Crippen molar-refractivity contribution < 1.29 is 9.53 Å². The molecule has 0 aliphatic carbocycles. The van der Waals surface area contributed by atoms with Crippen LogP contribution in [0.1, 0.15) is 26.3 Å². The van der Waals surface area contributed by atoms with Gasteiger partial charge in [-0.1, -0.05) is 24.3 Å². The van der Waals surface area contributed by atoms with E-state index in [1.165, 1.54) is 5.69 Å². The van der Waals surface area contributed by atoms with E-state index in [-0.39, 0.29) is 5.91 Å². The lowest BCUT2D eigenvalue weighted by molar-refractivity contribution is -0.121. The fraction of sp³-hybridized carbons (Fsp3) is 0.333. The number of ether oxygens (including phenoxy) is 1. The Morgan fingerprint density at radius 2 is 1.81 bits per heavy atom. The zero-order chi connectivity index (χ0) is 19.6. The van der Waals surface area contributed by atoms with E-state index in [0.717, 1.165) is 24.3 Å². The first-order valence-corrected chi connectivity index (χ1v) is 9.16. The average molecular weight is 368 g/mol. The molecule has 6 nitrogen and oxygen atoms in total. The number of carbonyl (C=O) groups is 1. The van der Waals surface area contributed by atoms with E-state index in [2.05, 4.69) is 46.7 Å². The number of hydrogen-bond donors (Lipinski definition) is 2. The van der Waals surface area contributed by atoms with E-state index in [9.17, 15) is 4.79 Å². The predicted molar refractivity (Wildman–Crippen MR) is 112 cm³/mol. The highest BCUT2D eigenvalue weighted by Crippen LogP contribution is 2.23. The summed E-state index contributed by atoms with van der Waals surface area (Å²) in [5, 5.41) is 7.18. The van der Waals surface area contributed by atoms with Gasteiger partial charge in [0.2, 0.25) is 0 Å². The van der Waals surface area contributed by atoms with Crippen LogP contribution >= 0.6 is 0 Å². The standard InChI is InChI=1S/C21H28N4O2/c1-5-25(6-2)18-13-11-17(12-14-18)15-22-24-21(26)16(3)23-19-9-7-8-10-20(19)27-4/h7-16,23H,5-6H2,1-4H3,(H,24,26)/b22-15-/t16-/m1/s1. The Hall–Kier alpha value is -3.02. The van der Waals surface area contributed by atoms with Crippen molar-refractivity contribution in [1.29, 1.82) is 0 Å². The Labute approximate surface area is 161 Å². The van der Waals surface area contributed by atoms with Crippen molar-refractivity contribution in [3.05, 3.63) is 54.1 Å². The highest BCUT2D eigenvalue weighted by Gasteiger charge is 2.13. The topological polar surface area (TPSA) is 66.0 Å². The Balaban J connectivity index is 1.90. The molecule has 0 aliphatic rings. The molecule has 27 heavy (non-hydrogen) atoms. The van der Waals surface area contributed by atoms with Gasteiger partial charge in [0.1, 0.15) is 11.8 Å². The van der Waals surface area contributed by atoms with E-state index in [1.54, 1.807) is 20.2 Å². The summed E-state index contributed by atoms with van der Waals surface area (Å²) >= 11 is 0. The van der Waals surface area contributed by atoms with Gasteiger partial charge in [0.25, 0.3) is 5.91 Å². The van der Waals surface area contributed by atoms with Crippen molar-refractivity contribution in [2.24, 2.45) is 5.10 Å². The monoisotopic (exact) mass is 368 g/mol. The highest BCUT2D eigenvalue weighted by molar-refractivity contribution is 5.87. The summed E-state index contributed by atoms with van der Waals surface area (Å²) in [7, 11) is 1.60. The van der Waals surface area contributed by atoms with Crippen molar-refractivity contribution in [2.75, 3.05) is 30.4 Å². The van der Waals surface area contributed by atoms with Gasteiger partial charge in [-0.05, 0) is 50.6 Å². The molecular weight excluding hydrogens is 340 g/mol. The number of amides is 1. The van der Waals surface area contributed by atoms with Gasteiger partial charge >= 0.3 is 0 Å². The SMILES string of the molecule is CCN(CC)c1ccc(/C=N\NC(=O)[C@@H](C)Nc2ccccc2OC)cc1. The number of hydrazone groups is 1. The fourth-order valence-electron chi connectivity index (χ4n) is 2.69. The van der Waals surface area contributed by atoms with Crippen LogP contribution in [-0.4, -0.2) is 38.4 Å². The molecule has 144 valence electrons. The number of anilines is 2. The van der Waals surface area contributed by atoms with Crippen LogP contribution in [-0.2, 0) is 4.79 Å². The van der Waals surface area contributed by atoms with Crippen LogP contribution in [0.2, 0.25) is 0 Å². The summed E-state index contributed by atoms with van der Waals surface area (Å²) < 4.78 is 5.28. The number of rotatable bonds is 9. The Morgan fingerprint density at radius 1 is 1.15 bits per heavy atom. The molecule has 1 atom stereocenters. The van der Waals surface area contributed by atoms with E-state index >= 15 is 0 Å². The lowest BCUT2D eigenvalue weighted by atomic mass is 10.2. The number of methoxy groups -OCH3 is 1. The van der Waals surface area contributed by atoms with E-state index in [4.69, 9.17) is 4.74 Å². The van der Waals surface area contributed by atoms with Gasteiger partial charge in [0.15, 0.2) is 0 Å². The number of benzene rings is 2. The number of hydrogen-bond acceptors (Lipinski definition) is 5. The molecule has 0 aliphatic heterocycles. The second-order valence-corrected chi connectivity index (χ2v) is 6.06. The highest BCUT2D eigenvalue weighted by atomic mass is 16.5. The molecule has 0 fully saturated rings. The molecule has 0 radical (unpaired) electrons. The van der Waals surface area contributed by atoms with E-state index in [1.807, 2.05) is 36.4 Å². The molecule has 2 aromatic rings. The Kier molecular flexibility index (Phi) is 7.67. The first kappa shape index (κ1) is 20.3. The minimum absolute atomic E-state index is 0.225.